The van der Waals surface area contributed by atoms with E-state index in [1.165, 1.54) is 32.1 Å². The zero-order valence-corrected chi connectivity index (χ0v) is 12.8. The summed E-state index contributed by atoms with van der Waals surface area (Å²) in [6.07, 6.45) is 8.43. The topological polar surface area (TPSA) is 29.1 Å². The van der Waals surface area contributed by atoms with Crippen molar-refractivity contribution in [2.75, 3.05) is 5.32 Å². The molecule has 0 atom stereocenters. The third-order valence-corrected chi connectivity index (χ3v) is 4.28. The molecule has 1 aliphatic rings. The van der Waals surface area contributed by atoms with E-state index in [1.54, 1.807) is 0 Å². The minimum atomic E-state index is 0.155. The third kappa shape index (κ3) is 4.59. The number of hydrogen-bond acceptors (Lipinski definition) is 1. The van der Waals surface area contributed by atoms with Crippen molar-refractivity contribution in [2.45, 2.75) is 44.9 Å². The van der Waals surface area contributed by atoms with Crippen molar-refractivity contribution in [1.29, 1.82) is 0 Å². The Morgan fingerprint density at radius 3 is 2.78 bits per heavy atom. The van der Waals surface area contributed by atoms with E-state index in [-0.39, 0.29) is 5.91 Å². The van der Waals surface area contributed by atoms with Crippen LogP contribution < -0.4 is 5.32 Å². The third-order valence-electron chi connectivity index (χ3n) is 3.61. The summed E-state index contributed by atoms with van der Waals surface area (Å²) in [5.74, 6) is 0.933. The van der Waals surface area contributed by atoms with Crippen molar-refractivity contribution in [2.24, 2.45) is 5.92 Å². The molecule has 0 radical (unpaired) electrons. The molecule has 0 heterocycles. The Morgan fingerprint density at radius 2 is 2.06 bits per heavy atom. The van der Waals surface area contributed by atoms with Crippen LogP contribution in [0.2, 0.25) is 0 Å². The first-order chi connectivity index (χ1) is 8.74. The fraction of sp³-hybridized carbons (Fsp3) is 0.533. The van der Waals surface area contributed by atoms with Gasteiger partial charge in [-0.15, -0.1) is 0 Å². The van der Waals surface area contributed by atoms with Gasteiger partial charge in [0.25, 0.3) is 0 Å². The lowest BCUT2D eigenvalue weighted by molar-refractivity contribution is -0.116. The van der Waals surface area contributed by atoms with Crippen LogP contribution in [0.15, 0.2) is 24.3 Å². The molecule has 0 unspecified atom stereocenters. The summed E-state index contributed by atoms with van der Waals surface area (Å²) >= 11 is 2.26. The van der Waals surface area contributed by atoms with Crippen molar-refractivity contribution >= 4 is 34.2 Å². The minimum absolute atomic E-state index is 0.155. The Bertz CT molecular complexity index is 399. The summed E-state index contributed by atoms with van der Waals surface area (Å²) in [6, 6.07) is 7.94. The Labute approximate surface area is 123 Å². The number of benzene rings is 1. The van der Waals surface area contributed by atoms with Crippen LogP contribution in [-0.4, -0.2) is 5.91 Å². The summed E-state index contributed by atoms with van der Waals surface area (Å²) < 4.78 is 1.15. The van der Waals surface area contributed by atoms with Crippen molar-refractivity contribution in [3.63, 3.8) is 0 Å². The lowest BCUT2D eigenvalue weighted by Crippen LogP contribution is -2.14. The molecule has 1 aromatic carbocycles. The Hall–Kier alpha value is -0.580. The van der Waals surface area contributed by atoms with Gasteiger partial charge in [-0.2, -0.15) is 0 Å². The number of hydrogen-bond donors (Lipinski definition) is 1. The highest BCUT2D eigenvalue weighted by atomic mass is 127. The highest BCUT2D eigenvalue weighted by Gasteiger charge is 2.14. The first kappa shape index (κ1) is 13.8. The van der Waals surface area contributed by atoms with E-state index in [0.29, 0.717) is 6.42 Å². The van der Waals surface area contributed by atoms with Crippen molar-refractivity contribution in [1.82, 2.24) is 0 Å². The summed E-state index contributed by atoms with van der Waals surface area (Å²) in [6.45, 7) is 0. The van der Waals surface area contributed by atoms with Crippen LogP contribution >= 0.6 is 22.6 Å². The SMILES string of the molecule is O=C(CCC1CCCCC1)Nc1cccc(I)c1. The average Bonchev–Trinajstić information content (AvgIpc) is 2.38. The van der Waals surface area contributed by atoms with Crippen molar-refractivity contribution < 1.29 is 4.79 Å². The van der Waals surface area contributed by atoms with Crippen molar-refractivity contribution in [3.8, 4) is 0 Å². The Morgan fingerprint density at radius 1 is 1.28 bits per heavy atom. The maximum atomic E-state index is 11.9. The van der Waals surface area contributed by atoms with E-state index in [4.69, 9.17) is 0 Å². The fourth-order valence-electron chi connectivity index (χ4n) is 2.60. The smallest absolute Gasteiger partial charge is 0.224 e. The second-order valence-electron chi connectivity index (χ2n) is 5.10. The number of nitrogens with one attached hydrogen (secondary N) is 1. The molecule has 3 heteroatoms. The molecule has 0 saturated heterocycles. The normalized spacial score (nSPS) is 16.5. The van der Waals surface area contributed by atoms with Gasteiger partial charge in [0, 0.05) is 15.7 Å². The van der Waals surface area contributed by atoms with Gasteiger partial charge in [0.15, 0.2) is 0 Å². The minimum Gasteiger partial charge on any atom is -0.326 e. The van der Waals surface area contributed by atoms with Crippen LogP contribution in [0.3, 0.4) is 0 Å². The lowest BCUT2D eigenvalue weighted by atomic mass is 9.86. The number of carbonyl (C=O) groups is 1. The number of rotatable bonds is 4. The first-order valence-electron chi connectivity index (χ1n) is 6.79. The molecule has 1 N–H and O–H groups in total. The Balaban J connectivity index is 1.74. The van der Waals surface area contributed by atoms with E-state index in [9.17, 15) is 4.79 Å². The predicted molar refractivity (Wildman–Crippen MR) is 83.6 cm³/mol. The molecule has 1 fully saturated rings. The van der Waals surface area contributed by atoms with Crippen LogP contribution in [0, 0.1) is 9.49 Å². The number of carbonyl (C=O) groups excluding carboxylic acids is 1. The second kappa shape index (κ2) is 7.12. The summed E-state index contributed by atoms with van der Waals surface area (Å²) in [7, 11) is 0. The summed E-state index contributed by atoms with van der Waals surface area (Å²) in [4.78, 5) is 11.9. The molecule has 0 spiro atoms. The van der Waals surface area contributed by atoms with Crippen LogP contribution in [-0.2, 0) is 4.79 Å². The fourth-order valence-corrected chi connectivity index (χ4v) is 3.14. The van der Waals surface area contributed by atoms with E-state index in [2.05, 4.69) is 27.9 Å². The van der Waals surface area contributed by atoms with Crippen molar-refractivity contribution in [3.05, 3.63) is 27.8 Å². The standard InChI is InChI=1S/C15H20INO/c16-13-7-4-8-14(11-13)17-15(18)10-9-12-5-2-1-3-6-12/h4,7-8,11-12H,1-3,5-6,9-10H2,(H,17,18). The molecule has 0 bridgehead atoms. The highest BCUT2D eigenvalue weighted by Crippen LogP contribution is 2.27. The van der Waals surface area contributed by atoms with E-state index in [0.717, 1.165) is 21.6 Å². The molecular formula is C15H20INO. The molecule has 1 amide bonds. The summed E-state index contributed by atoms with van der Waals surface area (Å²) in [5.41, 5.74) is 0.913. The van der Waals surface area contributed by atoms with Crippen LogP contribution in [0.5, 0.6) is 0 Å². The molecule has 0 aromatic heterocycles. The molecule has 2 nitrogen and oxygen atoms in total. The number of anilines is 1. The zero-order chi connectivity index (χ0) is 12.8. The van der Waals surface area contributed by atoms with E-state index in [1.807, 2.05) is 24.3 Å². The molecule has 18 heavy (non-hydrogen) atoms. The van der Waals surface area contributed by atoms with Crippen LogP contribution in [0.1, 0.15) is 44.9 Å². The monoisotopic (exact) mass is 357 g/mol. The van der Waals surface area contributed by atoms with Gasteiger partial charge in [-0.05, 0) is 53.1 Å². The average molecular weight is 357 g/mol. The van der Waals surface area contributed by atoms with Crippen LogP contribution in [0.4, 0.5) is 5.69 Å². The second-order valence-corrected chi connectivity index (χ2v) is 6.35. The van der Waals surface area contributed by atoms with E-state index >= 15 is 0 Å². The van der Waals surface area contributed by atoms with E-state index < -0.39 is 0 Å². The Kier molecular flexibility index (Phi) is 5.47. The van der Waals surface area contributed by atoms with Gasteiger partial charge in [-0.3, -0.25) is 4.79 Å². The van der Waals surface area contributed by atoms with Gasteiger partial charge in [-0.25, -0.2) is 0 Å². The number of halogens is 1. The molecule has 98 valence electrons. The largest absolute Gasteiger partial charge is 0.326 e. The molecule has 2 rings (SSSR count). The maximum Gasteiger partial charge on any atom is 0.224 e. The first-order valence-corrected chi connectivity index (χ1v) is 7.87. The van der Waals surface area contributed by atoms with Gasteiger partial charge in [0.05, 0.1) is 0 Å². The summed E-state index contributed by atoms with van der Waals surface area (Å²) in [5, 5.41) is 2.98. The highest BCUT2D eigenvalue weighted by molar-refractivity contribution is 14.1. The molecule has 1 saturated carbocycles. The zero-order valence-electron chi connectivity index (χ0n) is 10.6. The predicted octanol–water partition coefficient (Wildman–Crippen LogP) is 4.59. The van der Waals surface area contributed by atoms with Gasteiger partial charge < -0.3 is 5.32 Å². The maximum absolute atomic E-state index is 11.9. The van der Waals surface area contributed by atoms with Gasteiger partial charge in [0.1, 0.15) is 0 Å². The molecule has 1 aliphatic carbocycles. The molecule has 1 aromatic rings. The molecular weight excluding hydrogens is 337 g/mol. The van der Waals surface area contributed by atoms with Gasteiger partial charge >= 0.3 is 0 Å². The number of amides is 1. The van der Waals surface area contributed by atoms with Gasteiger partial charge in [-0.1, -0.05) is 38.2 Å². The lowest BCUT2D eigenvalue weighted by Gasteiger charge is -2.20. The molecule has 0 aliphatic heterocycles. The van der Waals surface area contributed by atoms with Gasteiger partial charge in [0.2, 0.25) is 5.91 Å². The quantitative estimate of drug-likeness (QED) is 0.785. The van der Waals surface area contributed by atoms with Crippen LogP contribution in [0.25, 0.3) is 0 Å².